The van der Waals surface area contributed by atoms with E-state index in [0.29, 0.717) is 18.3 Å². The maximum absolute atomic E-state index is 5.16. The first kappa shape index (κ1) is 13.6. The summed E-state index contributed by atoms with van der Waals surface area (Å²) >= 11 is 1.81. The second kappa shape index (κ2) is 5.31. The third kappa shape index (κ3) is 2.35. The van der Waals surface area contributed by atoms with E-state index in [2.05, 4.69) is 25.4 Å². The molecule has 114 valence electrons. The Labute approximate surface area is 132 Å². The number of hydrogen-bond acceptors (Lipinski definition) is 7. The SMILES string of the molecule is Cc1noc(CNc2nc(C)nc3sc4c(c23)CCCC4)n1. The maximum atomic E-state index is 5.16. The lowest BCUT2D eigenvalue weighted by atomic mass is 9.97. The topological polar surface area (TPSA) is 76.7 Å². The molecule has 0 bridgehead atoms. The molecule has 0 aromatic carbocycles. The predicted octanol–water partition coefficient (Wildman–Crippen LogP) is 3.18. The van der Waals surface area contributed by atoms with Gasteiger partial charge in [0, 0.05) is 4.88 Å². The summed E-state index contributed by atoms with van der Waals surface area (Å²) < 4.78 is 5.16. The van der Waals surface area contributed by atoms with Crippen molar-refractivity contribution in [2.75, 3.05) is 5.32 Å². The van der Waals surface area contributed by atoms with Crippen LogP contribution in [-0.4, -0.2) is 20.1 Å². The zero-order valence-electron chi connectivity index (χ0n) is 12.6. The summed E-state index contributed by atoms with van der Waals surface area (Å²) in [6.07, 6.45) is 4.80. The Bertz CT molecular complexity index is 838. The minimum Gasteiger partial charge on any atom is -0.360 e. The van der Waals surface area contributed by atoms with Gasteiger partial charge in [-0.25, -0.2) is 9.97 Å². The Morgan fingerprint density at radius 2 is 1.95 bits per heavy atom. The summed E-state index contributed by atoms with van der Waals surface area (Å²) in [6, 6.07) is 0. The van der Waals surface area contributed by atoms with E-state index in [1.54, 1.807) is 0 Å². The van der Waals surface area contributed by atoms with Gasteiger partial charge in [0.25, 0.3) is 0 Å². The average Bonchev–Trinajstić information content (AvgIpc) is 3.07. The van der Waals surface area contributed by atoms with Gasteiger partial charge in [-0.1, -0.05) is 5.16 Å². The highest BCUT2D eigenvalue weighted by Gasteiger charge is 2.20. The molecule has 0 atom stereocenters. The zero-order chi connectivity index (χ0) is 15.1. The lowest BCUT2D eigenvalue weighted by molar-refractivity contribution is 0.379. The van der Waals surface area contributed by atoms with Crippen LogP contribution in [0.4, 0.5) is 5.82 Å². The van der Waals surface area contributed by atoms with Crippen molar-refractivity contribution in [1.82, 2.24) is 20.1 Å². The first-order chi connectivity index (χ1) is 10.7. The van der Waals surface area contributed by atoms with Crippen molar-refractivity contribution in [2.24, 2.45) is 0 Å². The highest BCUT2D eigenvalue weighted by molar-refractivity contribution is 7.19. The van der Waals surface area contributed by atoms with E-state index in [9.17, 15) is 0 Å². The number of nitrogens with one attached hydrogen (secondary N) is 1. The van der Waals surface area contributed by atoms with Crippen LogP contribution in [0.3, 0.4) is 0 Å². The number of thiophene rings is 1. The number of aryl methyl sites for hydroxylation is 4. The number of rotatable bonds is 3. The molecular weight excluding hydrogens is 298 g/mol. The molecule has 4 rings (SSSR count). The summed E-state index contributed by atoms with van der Waals surface area (Å²) in [5, 5.41) is 8.35. The molecule has 0 amide bonds. The van der Waals surface area contributed by atoms with Crippen LogP contribution in [0.5, 0.6) is 0 Å². The number of nitrogens with zero attached hydrogens (tertiary/aromatic N) is 4. The molecule has 0 aliphatic heterocycles. The third-order valence-corrected chi connectivity index (χ3v) is 5.09. The van der Waals surface area contributed by atoms with Crippen LogP contribution >= 0.6 is 11.3 Å². The zero-order valence-corrected chi connectivity index (χ0v) is 13.5. The Hall–Kier alpha value is -2.02. The van der Waals surface area contributed by atoms with Gasteiger partial charge in [0.15, 0.2) is 5.82 Å². The van der Waals surface area contributed by atoms with Gasteiger partial charge in [-0.15, -0.1) is 11.3 Å². The molecule has 0 radical (unpaired) electrons. The van der Waals surface area contributed by atoms with Crippen molar-refractivity contribution in [1.29, 1.82) is 0 Å². The fourth-order valence-corrected chi connectivity index (χ4v) is 4.27. The molecule has 6 nitrogen and oxygen atoms in total. The van der Waals surface area contributed by atoms with Crippen LogP contribution in [-0.2, 0) is 19.4 Å². The van der Waals surface area contributed by atoms with Gasteiger partial charge in [-0.3, -0.25) is 0 Å². The van der Waals surface area contributed by atoms with Gasteiger partial charge >= 0.3 is 0 Å². The summed E-state index contributed by atoms with van der Waals surface area (Å²) in [6.45, 7) is 4.23. The van der Waals surface area contributed by atoms with E-state index in [1.807, 2.05) is 25.2 Å². The van der Waals surface area contributed by atoms with Crippen LogP contribution in [0.25, 0.3) is 10.2 Å². The van der Waals surface area contributed by atoms with Gasteiger partial charge in [-0.05, 0) is 45.1 Å². The fourth-order valence-electron chi connectivity index (χ4n) is 2.96. The summed E-state index contributed by atoms with van der Waals surface area (Å²) in [5.74, 6) is 2.90. The molecule has 0 fully saturated rings. The second-order valence-corrected chi connectivity index (χ2v) is 6.68. The first-order valence-corrected chi connectivity index (χ1v) is 8.34. The Morgan fingerprint density at radius 3 is 2.77 bits per heavy atom. The van der Waals surface area contributed by atoms with E-state index in [4.69, 9.17) is 4.52 Å². The highest BCUT2D eigenvalue weighted by atomic mass is 32.1. The Morgan fingerprint density at radius 1 is 1.09 bits per heavy atom. The Balaban J connectivity index is 1.73. The molecule has 0 unspecified atom stereocenters. The van der Waals surface area contributed by atoms with Crippen molar-refractivity contribution in [3.63, 3.8) is 0 Å². The van der Waals surface area contributed by atoms with Crippen LogP contribution in [0.1, 0.15) is 40.8 Å². The molecule has 0 saturated carbocycles. The predicted molar refractivity (Wildman–Crippen MR) is 85.2 cm³/mol. The van der Waals surface area contributed by atoms with Crippen molar-refractivity contribution in [3.05, 3.63) is 28.0 Å². The molecule has 22 heavy (non-hydrogen) atoms. The van der Waals surface area contributed by atoms with Gasteiger partial charge in [-0.2, -0.15) is 4.98 Å². The summed E-state index contributed by atoms with van der Waals surface area (Å²) in [4.78, 5) is 16.0. The van der Waals surface area contributed by atoms with Crippen LogP contribution < -0.4 is 5.32 Å². The molecule has 1 aliphatic carbocycles. The van der Waals surface area contributed by atoms with Gasteiger partial charge < -0.3 is 9.84 Å². The molecular formula is C15H17N5OS. The molecule has 0 spiro atoms. The van der Waals surface area contributed by atoms with E-state index in [0.717, 1.165) is 29.3 Å². The molecule has 1 aliphatic rings. The monoisotopic (exact) mass is 315 g/mol. The maximum Gasteiger partial charge on any atom is 0.245 e. The quantitative estimate of drug-likeness (QED) is 0.800. The van der Waals surface area contributed by atoms with Crippen LogP contribution in [0, 0.1) is 13.8 Å². The standard InChI is InChI=1S/C15H17N5OS/c1-8-18-14(16-7-12-17-9(2)20-21-12)13-10-5-3-4-6-11(10)22-15(13)19-8/h3-7H2,1-2H3,(H,16,18,19). The molecule has 3 aromatic rings. The van der Waals surface area contributed by atoms with E-state index in [-0.39, 0.29) is 0 Å². The molecule has 1 N–H and O–H groups in total. The van der Waals surface area contributed by atoms with Crippen LogP contribution in [0.15, 0.2) is 4.52 Å². The summed E-state index contributed by atoms with van der Waals surface area (Å²) in [5.41, 5.74) is 1.43. The van der Waals surface area contributed by atoms with Gasteiger partial charge in [0.2, 0.25) is 5.89 Å². The lowest BCUT2D eigenvalue weighted by Gasteiger charge is -2.12. The number of fused-ring (bicyclic) bond motifs is 3. The van der Waals surface area contributed by atoms with Crippen LogP contribution in [0.2, 0.25) is 0 Å². The first-order valence-electron chi connectivity index (χ1n) is 7.52. The second-order valence-electron chi connectivity index (χ2n) is 5.60. The minimum absolute atomic E-state index is 0.483. The van der Waals surface area contributed by atoms with E-state index < -0.39 is 0 Å². The molecule has 3 aromatic heterocycles. The largest absolute Gasteiger partial charge is 0.360 e. The lowest BCUT2D eigenvalue weighted by Crippen LogP contribution is -2.06. The van der Waals surface area contributed by atoms with E-state index in [1.165, 1.54) is 28.7 Å². The van der Waals surface area contributed by atoms with Gasteiger partial charge in [0.05, 0.1) is 11.9 Å². The average molecular weight is 315 g/mol. The van der Waals surface area contributed by atoms with Crippen molar-refractivity contribution >= 4 is 27.4 Å². The van der Waals surface area contributed by atoms with Gasteiger partial charge in [0.1, 0.15) is 16.5 Å². The molecule has 7 heteroatoms. The smallest absolute Gasteiger partial charge is 0.245 e. The highest BCUT2D eigenvalue weighted by Crippen LogP contribution is 2.38. The number of hydrogen-bond donors (Lipinski definition) is 1. The van der Waals surface area contributed by atoms with Crippen molar-refractivity contribution in [2.45, 2.75) is 46.1 Å². The minimum atomic E-state index is 0.483. The number of aromatic nitrogens is 4. The van der Waals surface area contributed by atoms with Crippen molar-refractivity contribution in [3.8, 4) is 0 Å². The summed E-state index contributed by atoms with van der Waals surface area (Å²) in [7, 11) is 0. The normalized spacial score (nSPS) is 14.3. The molecule has 3 heterocycles. The molecule has 0 saturated heterocycles. The van der Waals surface area contributed by atoms with E-state index >= 15 is 0 Å². The fraction of sp³-hybridized carbons (Fsp3) is 0.467. The third-order valence-electron chi connectivity index (χ3n) is 3.90. The number of anilines is 1. The Kier molecular flexibility index (Phi) is 3.29. The van der Waals surface area contributed by atoms with Crippen molar-refractivity contribution < 1.29 is 4.52 Å².